The lowest BCUT2D eigenvalue weighted by molar-refractivity contribution is 0.102. The molecule has 5 heteroatoms. The van der Waals surface area contributed by atoms with E-state index in [0.29, 0.717) is 16.1 Å². The Hall–Kier alpha value is -1.65. The molecule has 0 fully saturated rings. The van der Waals surface area contributed by atoms with E-state index in [1.807, 2.05) is 13.0 Å². The number of Topliss-reactive ketones (excluding diaryl/α,β-unsaturated/α-hetero) is 1. The van der Waals surface area contributed by atoms with E-state index in [9.17, 15) is 13.2 Å². The number of hydrogen-bond acceptors (Lipinski definition) is 3. The number of ketones is 1. The maximum absolute atomic E-state index is 12.1. The monoisotopic (exact) mass is 322 g/mol. The lowest BCUT2D eigenvalue weighted by atomic mass is 10.1. The zero-order chi connectivity index (χ0) is 15.5. The van der Waals surface area contributed by atoms with Crippen LogP contribution in [0.25, 0.3) is 0 Å². The highest BCUT2D eigenvalue weighted by molar-refractivity contribution is 7.91. The number of halogens is 1. The summed E-state index contributed by atoms with van der Waals surface area (Å²) in [5, 5.41) is 0.548. The number of hydrogen-bond donors (Lipinski definition) is 0. The van der Waals surface area contributed by atoms with E-state index in [1.54, 1.807) is 42.5 Å². The van der Waals surface area contributed by atoms with Gasteiger partial charge in [-0.2, -0.15) is 0 Å². The molecule has 2 aromatic carbocycles. The fourth-order valence-electron chi connectivity index (χ4n) is 1.99. The number of sulfone groups is 1. The first kappa shape index (κ1) is 15.7. The van der Waals surface area contributed by atoms with Crippen LogP contribution >= 0.6 is 11.6 Å². The number of carbonyl (C=O) groups excluding carboxylic acids is 1. The molecule has 0 unspecified atom stereocenters. The highest BCUT2D eigenvalue weighted by Crippen LogP contribution is 2.14. The van der Waals surface area contributed by atoms with Crippen molar-refractivity contribution < 1.29 is 13.2 Å². The third kappa shape index (κ3) is 4.69. The molecule has 0 aliphatic rings. The molecule has 0 heterocycles. The Kier molecular flexibility index (Phi) is 4.80. The SMILES string of the molecule is Cc1cccc(C(=O)CS(=O)(=O)Cc2ccc(Cl)cc2)c1. The Bertz CT molecular complexity index is 749. The smallest absolute Gasteiger partial charge is 0.177 e. The number of benzene rings is 2. The maximum atomic E-state index is 12.1. The molecule has 0 aliphatic carbocycles. The summed E-state index contributed by atoms with van der Waals surface area (Å²) < 4.78 is 24.2. The van der Waals surface area contributed by atoms with Crippen molar-refractivity contribution >= 4 is 27.2 Å². The normalized spacial score (nSPS) is 11.3. The molecule has 0 N–H and O–H groups in total. The molecule has 0 amide bonds. The maximum Gasteiger partial charge on any atom is 0.177 e. The van der Waals surface area contributed by atoms with Crippen LogP contribution in [0.15, 0.2) is 48.5 Å². The molecule has 21 heavy (non-hydrogen) atoms. The highest BCUT2D eigenvalue weighted by atomic mass is 35.5. The first-order valence-corrected chi connectivity index (χ1v) is 8.60. The molecule has 3 nitrogen and oxygen atoms in total. The average molecular weight is 323 g/mol. The Morgan fingerprint density at radius 1 is 1.10 bits per heavy atom. The standard InChI is InChI=1S/C16H15ClO3S/c1-12-3-2-4-14(9-12)16(18)11-21(19,20)10-13-5-7-15(17)8-6-13/h2-9H,10-11H2,1H3. The quantitative estimate of drug-likeness (QED) is 0.792. The van der Waals surface area contributed by atoms with Gasteiger partial charge in [-0.3, -0.25) is 4.79 Å². The number of rotatable bonds is 5. The third-order valence-electron chi connectivity index (χ3n) is 2.99. The van der Waals surface area contributed by atoms with E-state index in [2.05, 4.69) is 0 Å². The molecule has 0 radical (unpaired) electrons. The molecule has 0 saturated carbocycles. The Labute approximate surface area is 129 Å². The largest absolute Gasteiger partial charge is 0.293 e. The third-order valence-corrected chi connectivity index (χ3v) is 4.72. The first-order chi connectivity index (χ1) is 9.85. The fourth-order valence-corrected chi connectivity index (χ4v) is 3.48. The van der Waals surface area contributed by atoms with E-state index < -0.39 is 15.6 Å². The molecule has 110 valence electrons. The van der Waals surface area contributed by atoms with Crippen LogP contribution in [0.2, 0.25) is 5.02 Å². The topological polar surface area (TPSA) is 51.2 Å². The minimum Gasteiger partial charge on any atom is -0.293 e. The second kappa shape index (κ2) is 6.41. The molecule has 0 aromatic heterocycles. The van der Waals surface area contributed by atoms with Crippen LogP contribution in [-0.4, -0.2) is 20.0 Å². The van der Waals surface area contributed by atoms with Gasteiger partial charge in [0.25, 0.3) is 0 Å². The van der Waals surface area contributed by atoms with E-state index in [-0.39, 0.29) is 11.5 Å². The lowest BCUT2D eigenvalue weighted by Crippen LogP contribution is -2.18. The molecule has 0 saturated heterocycles. The van der Waals surface area contributed by atoms with Gasteiger partial charge in [-0.1, -0.05) is 47.5 Å². The van der Waals surface area contributed by atoms with Gasteiger partial charge in [0.15, 0.2) is 15.6 Å². The van der Waals surface area contributed by atoms with Gasteiger partial charge in [0, 0.05) is 10.6 Å². The van der Waals surface area contributed by atoms with Crippen LogP contribution in [0, 0.1) is 6.92 Å². The van der Waals surface area contributed by atoms with Crippen molar-refractivity contribution in [2.75, 3.05) is 5.75 Å². The fraction of sp³-hybridized carbons (Fsp3) is 0.188. The van der Waals surface area contributed by atoms with Gasteiger partial charge in [-0.25, -0.2) is 8.42 Å². The van der Waals surface area contributed by atoms with Crippen molar-refractivity contribution in [1.82, 2.24) is 0 Å². The van der Waals surface area contributed by atoms with Crippen molar-refractivity contribution in [3.8, 4) is 0 Å². The van der Waals surface area contributed by atoms with Crippen LogP contribution in [-0.2, 0) is 15.6 Å². The number of aryl methyl sites for hydroxylation is 1. The molecule has 0 aliphatic heterocycles. The highest BCUT2D eigenvalue weighted by Gasteiger charge is 2.18. The Morgan fingerprint density at radius 2 is 1.76 bits per heavy atom. The zero-order valence-corrected chi connectivity index (χ0v) is 13.1. The minimum absolute atomic E-state index is 0.165. The molecule has 0 atom stereocenters. The molecule has 0 bridgehead atoms. The van der Waals surface area contributed by atoms with Crippen molar-refractivity contribution in [3.63, 3.8) is 0 Å². The van der Waals surface area contributed by atoms with Crippen molar-refractivity contribution in [2.24, 2.45) is 0 Å². The van der Waals surface area contributed by atoms with Gasteiger partial charge >= 0.3 is 0 Å². The molecular formula is C16H15ClO3S. The molecule has 2 aromatic rings. The number of carbonyl (C=O) groups is 1. The summed E-state index contributed by atoms with van der Waals surface area (Å²) in [4.78, 5) is 12.1. The van der Waals surface area contributed by atoms with Crippen LogP contribution in [0.3, 0.4) is 0 Å². The Balaban J connectivity index is 2.10. The molecule has 2 rings (SSSR count). The van der Waals surface area contributed by atoms with Crippen LogP contribution in [0.1, 0.15) is 21.5 Å². The summed E-state index contributed by atoms with van der Waals surface area (Å²) in [7, 11) is -3.50. The first-order valence-electron chi connectivity index (χ1n) is 6.40. The van der Waals surface area contributed by atoms with Gasteiger partial charge < -0.3 is 0 Å². The van der Waals surface area contributed by atoms with Crippen LogP contribution < -0.4 is 0 Å². The van der Waals surface area contributed by atoms with E-state index in [4.69, 9.17) is 11.6 Å². The van der Waals surface area contributed by atoms with Crippen molar-refractivity contribution in [2.45, 2.75) is 12.7 Å². The molecule has 0 spiro atoms. The Morgan fingerprint density at radius 3 is 2.38 bits per heavy atom. The van der Waals surface area contributed by atoms with E-state index in [0.717, 1.165) is 5.56 Å². The van der Waals surface area contributed by atoms with E-state index >= 15 is 0 Å². The second-order valence-corrected chi connectivity index (χ2v) is 7.45. The van der Waals surface area contributed by atoms with Gasteiger partial charge in [-0.05, 0) is 30.7 Å². The average Bonchev–Trinajstić information content (AvgIpc) is 2.40. The van der Waals surface area contributed by atoms with Crippen LogP contribution in [0.5, 0.6) is 0 Å². The summed E-state index contributed by atoms with van der Waals surface area (Å²) >= 11 is 5.76. The lowest BCUT2D eigenvalue weighted by Gasteiger charge is -2.05. The van der Waals surface area contributed by atoms with Crippen molar-refractivity contribution in [3.05, 3.63) is 70.2 Å². The summed E-state index contributed by atoms with van der Waals surface area (Å²) in [6, 6.07) is 13.5. The van der Waals surface area contributed by atoms with Gasteiger partial charge in [0.05, 0.1) is 5.75 Å². The summed E-state index contributed by atoms with van der Waals surface area (Å²) in [6.07, 6.45) is 0. The van der Waals surface area contributed by atoms with Crippen molar-refractivity contribution in [1.29, 1.82) is 0 Å². The van der Waals surface area contributed by atoms with E-state index in [1.165, 1.54) is 0 Å². The zero-order valence-electron chi connectivity index (χ0n) is 11.5. The van der Waals surface area contributed by atoms with Gasteiger partial charge in [0.2, 0.25) is 0 Å². The van der Waals surface area contributed by atoms with Gasteiger partial charge in [0.1, 0.15) is 5.75 Å². The second-order valence-electron chi connectivity index (χ2n) is 4.95. The summed E-state index contributed by atoms with van der Waals surface area (Å²) in [5.41, 5.74) is 1.97. The summed E-state index contributed by atoms with van der Waals surface area (Å²) in [5.74, 6) is -1.03. The van der Waals surface area contributed by atoms with Gasteiger partial charge in [-0.15, -0.1) is 0 Å². The molecular weight excluding hydrogens is 308 g/mol. The predicted molar refractivity (Wildman–Crippen MR) is 84.5 cm³/mol. The minimum atomic E-state index is -3.50. The van der Waals surface area contributed by atoms with Crippen LogP contribution in [0.4, 0.5) is 0 Å². The predicted octanol–water partition coefficient (Wildman–Crippen LogP) is 3.45. The summed E-state index contributed by atoms with van der Waals surface area (Å²) in [6.45, 7) is 1.86.